The summed E-state index contributed by atoms with van der Waals surface area (Å²) in [6.45, 7) is 11.7. The molecule has 2 aliphatic rings. The van der Waals surface area contributed by atoms with Gasteiger partial charge in [-0.3, -0.25) is 4.90 Å². The van der Waals surface area contributed by atoms with Crippen LogP contribution in [0.4, 0.5) is 0 Å². The maximum absolute atomic E-state index is 6.03. The monoisotopic (exact) mass is 509 g/mol. The van der Waals surface area contributed by atoms with Crippen molar-refractivity contribution in [3.63, 3.8) is 0 Å². The van der Waals surface area contributed by atoms with E-state index in [4.69, 9.17) is 20.8 Å². The molecule has 1 atom stereocenters. The molecule has 6 heteroatoms. The number of rotatable bonds is 10. The zero-order chi connectivity index (χ0) is 24.7. The molecule has 2 saturated heterocycles. The second kappa shape index (κ2) is 12.5. The van der Waals surface area contributed by atoms with Gasteiger partial charge in [-0.25, -0.2) is 0 Å². The molecule has 1 unspecified atom stereocenters. The Hall–Kier alpha value is -2.05. The van der Waals surface area contributed by atoms with Gasteiger partial charge in [0.15, 0.2) is 0 Å². The predicted octanol–water partition coefficient (Wildman–Crippen LogP) is 6.31. The summed E-state index contributed by atoms with van der Waals surface area (Å²) in [5.41, 5.74) is 3.03. The molecule has 0 amide bonds. The van der Waals surface area contributed by atoms with E-state index in [1.54, 1.807) is 0 Å². The molecule has 0 radical (unpaired) electrons. The summed E-state index contributed by atoms with van der Waals surface area (Å²) in [7, 11) is 0. The van der Waals surface area contributed by atoms with Gasteiger partial charge in [0.2, 0.25) is 0 Å². The molecular formula is C30H40ClN3O2. The summed E-state index contributed by atoms with van der Waals surface area (Å²) < 4.78 is 11.9. The number of piperazine rings is 1. The molecule has 3 heterocycles. The first-order valence-electron chi connectivity index (χ1n) is 13.7. The lowest BCUT2D eigenvalue weighted by molar-refractivity contribution is 0.0678. The zero-order valence-electron chi connectivity index (χ0n) is 21.6. The number of fused-ring (bicyclic) bond motifs is 1. The molecule has 3 aromatic rings. The van der Waals surface area contributed by atoms with Gasteiger partial charge in [0.05, 0.1) is 12.9 Å². The van der Waals surface area contributed by atoms with Crippen LogP contribution in [0.1, 0.15) is 39.0 Å². The summed E-state index contributed by atoms with van der Waals surface area (Å²) in [5, 5.41) is 5.33. The highest BCUT2D eigenvalue weighted by Gasteiger charge is 2.27. The molecule has 194 valence electrons. The lowest BCUT2D eigenvalue weighted by atomic mass is 9.90. The topological polar surface area (TPSA) is 40.9 Å². The molecule has 0 bridgehead atoms. The van der Waals surface area contributed by atoms with Gasteiger partial charge in [0.25, 0.3) is 0 Å². The molecule has 0 spiro atoms. The number of piperidine rings is 1. The lowest BCUT2D eigenvalue weighted by Gasteiger charge is -2.42. The van der Waals surface area contributed by atoms with Crippen LogP contribution in [0.5, 0.6) is 5.75 Å². The van der Waals surface area contributed by atoms with Crippen LogP contribution in [0.25, 0.3) is 22.1 Å². The minimum Gasteiger partial charge on any atom is -0.493 e. The summed E-state index contributed by atoms with van der Waals surface area (Å²) in [6, 6.07) is 14.7. The van der Waals surface area contributed by atoms with Crippen LogP contribution in [0, 0.1) is 5.92 Å². The van der Waals surface area contributed by atoms with Crippen LogP contribution < -0.4 is 10.1 Å². The van der Waals surface area contributed by atoms with Gasteiger partial charge in [-0.05, 0) is 94.4 Å². The average Bonchev–Trinajstić information content (AvgIpc) is 3.35. The smallest absolute Gasteiger partial charge is 0.138 e. The van der Waals surface area contributed by atoms with E-state index in [0.717, 1.165) is 57.9 Å². The number of hydrogen-bond acceptors (Lipinski definition) is 5. The number of benzene rings is 2. The normalized spacial score (nSPS) is 19.1. The molecule has 0 saturated carbocycles. The predicted molar refractivity (Wildman–Crippen MR) is 149 cm³/mol. The Bertz CT molecular complexity index is 1090. The fraction of sp³-hybridized carbons (Fsp3) is 0.533. The SMILES string of the molecule is CC(C1CCNCC1)N1CCN(CCCCCOc2ccc3c(-c4ccc(Cl)cc4)coc3c2)CC1. The fourth-order valence-electron chi connectivity index (χ4n) is 5.77. The first kappa shape index (κ1) is 25.6. The van der Waals surface area contributed by atoms with Gasteiger partial charge in [0.1, 0.15) is 11.3 Å². The number of furan rings is 1. The van der Waals surface area contributed by atoms with E-state index >= 15 is 0 Å². The third-order valence-corrected chi connectivity index (χ3v) is 8.39. The second-order valence-corrected chi connectivity index (χ2v) is 10.9. The number of nitrogens with zero attached hydrogens (tertiary/aromatic N) is 2. The molecule has 1 aromatic heterocycles. The van der Waals surface area contributed by atoms with Gasteiger partial charge in [-0.2, -0.15) is 0 Å². The summed E-state index contributed by atoms with van der Waals surface area (Å²) >= 11 is 6.03. The quantitative estimate of drug-likeness (QED) is 0.324. The van der Waals surface area contributed by atoms with E-state index < -0.39 is 0 Å². The molecule has 0 aliphatic carbocycles. The summed E-state index contributed by atoms with van der Waals surface area (Å²) in [5.74, 6) is 1.75. The van der Waals surface area contributed by atoms with Gasteiger partial charge in [0, 0.05) is 54.3 Å². The Morgan fingerprint density at radius 2 is 1.78 bits per heavy atom. The van der Waals surface area contributed by atoms with Crippen molar-refractivity contribution in [2.45, 2.75) is 45.1 Å². The van der Waals surface area contributed by atoms with Crippen molar-refractivity contribution in [3.8, 4) is 16.9 Å². The van der Waals surface area contributed by atoms with Crippen LogP contribution >= 0.6 is 11.6 Å². The molecule has 2 aromatic carbocycles. The number of ether oxygens (including phenoxy) is 1. The lowest BCUT2D eigenvalue weighted by Crippen LogP contribution is -2.52. The van der Waals surface area contributed by atoms with Crippen LogP contribution in [0.15, 0.2) is 53.1 Å². The minimum absolute atomic E-state index is 0.732. The summed E-state index contributed by atoms with van der Waals surface area (Å²) in [4.78, 5) is 5.38. The first-order valence-corrected chi connectivity index (χ1v) is 14.1. The van der Waals surface area contributed by atoms with Crippen LogP contribution in [-0.2, 0) is 0 Å². The van der Waals surface area contributed by atoms with E-state index in [2.05, 4.69) is 28.1 Å². The van der Waals surface area contributed by atoms with Gasteiger partial charge < -0.3 is 19.4 Å². The van der Waals surface area contributed by atoms with Crippen LogP contribution in [-0.4, -0.2) is 68.3 Å². The van der Waals surface area contributed by atoms with Crippen molar-refractivity contribution in [2.75, 3.05) is 52.4 Å². The van der Waals surface area contributed by atoms with Crippen molar-refractivity contribution >= 4 is 22.6 Å². The van der Waals surface area contributed by atoms with Crippen molar-refractivity contribution in [3.05, 3.63) is 53.8 Å². The zero-order valence-corrected chi connectivity index (χ0v) is 22.3. The van der Waals surface area contributed by atoms with Crippen molar-refractivity contribution in [1.29, 1.82) is 0 Å². The largest absolute Gasteiger partial charge is 0.493 e. The number of unbranched alkanes of at least 4 members (excludes halogenated alkanes) is 2. The van der Waals surface area contributed by atoms with Gasteiger partial charge in [-0.15, -0.1) is 0 Å². The second-order valence-electron chi connectivity index (χ2n) is 10.4. The fourth-order valence-corrected chi connectivity index (χ4v) is 5.90. The molecule has 36 heavy (non-hydrogen) atoms. The first-order chi connectivity index (χ1) is 17.7. The summed E-state index contributed by atoms with van der Waals surface area (Å²) in [6.07, 6.45) is 8.02. The highest BCUT2D eigenvalue weighted by molar-refractivity contribution is 6.30. The maximum atomic E-state index is 6.03. The van der Waals surface area contributed by atoms with E-state index in [0.29, 0.717) is 0 Å². The Morgan fingerprint density at radius 1 is 1.00 bits per heavy atom. The third kappa shape index (κ3) is 6.44. The Morgan fingerprint density at radius 3 is 2.56 bits per heavy atom. The van der Waals surface area contributed by atoms with Gasteiger partial charge in [-0.1, -0.05) is 23.7 Å². The molecule has 2 fully saturated rings. The van der Waals surface area contributed by atoms with E-state index in [1.807, 2.05) is 42.7 Å². The van der Waals surface area contributed by atoms with Crippen molar-refractivity contribution < 1.29 is 9.15 Å². The Kier molecular flexibility index (Phi) is 8.86. The number of hydrogen-bond donors (Lipinski definition) is 1. The highest BCUT2D eigenvalue weighted by atomic mass is 35.5. The van der Waals surface area contributed by atoms with Crippen LogP contribution in [0.3, 0.4) is 0 Å². The highest BCUT2D eigenvalue weighted by Crippen LogP contribution is 2.33. The van der Waals surface area contributed by atoms with Crippen molar-refractivity contribution in [1.82, 2.24) is 15.1 Å². The van der Waals surface area contributed by atoms with E-state index in [9.17, 15) is 0 Å². The van der Waals surface area contributed by atoms with Crippen molar-refractivity contribution in [2.24, 2.45) is 5.92 Å². The molecule has 5 rings (SSSR count). The molecule has 5 nitrogen and oxygen atoms in total. The van der Waals surface area contributed by atoms with E-state index in [1.165, 1.54) is 71.5 Å². The molecule has 1 N–H and O–H groups in total. The third-order valence-electron chi connectivity index (χ3n) is 8.14. The Labute approximate surface area is 220 Å². The van der Waals surface area contributed by atoms with Gasteiger partial charge >= 0.3 is 0 Å². The number of halogens is 1. The standard InChI is InChI=1S/C30H40ClN3O2/c1-23(24-11-13-32-14-12-24)34-18-16-33(17-19-34)15-3-2-4-20-35-27-9-10-28-29(22-36-30(28)21-27)25-5-7-26(31)8-6-25/h5-10,21-24,32H,2-4,11-20H2,1H3. The molecule has 2 aliphatic heterocycles. The maximum Gasteiger partial charge on any atom is 0.138 e. The molecular weight excluding hydrogens is 470 g/mol. The minimum atomic E-state index is 0.732. The van der Waals surface area contributed by atoms with Crippen LogP contribution in [0.2, 0.25) is 5.02 Å². The number of nitrogens with one attached hydrogen (secondary N) is 1. The Balaban J connectivity index is 0.988. The van der Waals surface area contributed by atoms with E-state index in [-0.39, 0.29) is 0 Å². The average molecular weight is 510 g/mol.